The molecule has 1 atom stereocenters. The SMILES string of the molecule is CC(=O)N[C@H](Cc1ccccc1)C(=O)N1CCN(C(=O)c2cccs2)CC1. The van der Waals surface area contributed by atoms with Crippen molar-refractivity contribution in [2.45, 2.75) is 19.4 Å². The minimum absolute atomic E-state index is 0.0137. The Morgan fingerprint density at radius 3 is 2.26 bits per heavy atom. The van der Waals surface area contributed by atoms with Crippen LogP contribution in [0.25, 0.3) is 0 Å². The number of rotatable bonds is 5. The zero-order valence-corrected chi connectivity index (χ0v) is 16.1. The Morgan fingerprint density at radius 2 is 1.67 bits per heavy atom. The van der Waals surface area contributed by atoms with Gasteiger partial charge < -0.3 is 15.1 Å². The number of piperazine rings is 1. The Balaban J connectivity index is 1.61. The Morgan fingerprint density at radius 1 is 1.00 bits per heavy atom. The molecule has 7 heteroatoms. The van der Waals surface area contributed by atoms with Gasteiger partial charge in [0.05, 0.1) is 4.88 Å². The largest absolute Gasteiger partial charge is 0.344 e. The van der Waals surface area contributed by atoms with Crippen molar-refractivity contribution in [3.8, 4) is 0 Å². The fraction of sp³-hybridized carbons (Fsp3) is 0.350. The molecule has 1 aliphatic rings. The molecule has 0 spiro atoms. The summed E-state index contributed by atoms with van der Waals surface area (Å²) < 4.78 is 0. The van der Waals surface area contributed by atoms with Crippen molar-refractivity contribution in [3.63, 3.8) is 0 Å². The zero-order valence-electron chi connectivity index (χ0n) is 15.3. The quantitative estimate of drug-likeness (QED) is 0.853. The summed E-state index contributed by atoms with van der Waals surface area (Å²) >= 11 is 1.43. The lowest BCUT2D eigenvalue weighted by Crippen LogP contribution is -2.56. The molecule has 1 fully saturated rings. The van der Waals surface area contributed by atoms with Crippen LogP contribution in [0.15, 0.2) is 47.8 Å². The lowest BCUT2D eigenvalue weighted by atomic mass is 10.0. The summed E-state index contributed by atoms with van der Waals surface area (Å²) in [6.07, 6.45) is 0.452. The van der Waals surface area contributed by atoms with Gasteiger partial charge in [-0.15, -0.1) is 11.3 Å². The molecular formula is C20H23N3O3S. The molecule has 27 heavy (non-hydrogen) atoms. The van der Waals surface area contributed by atoms with Crippen LogP contribution in [-0.4, -0.2) is 59.7 Å². The maximum atomic E-state index is 13.0. The monoisotopic (exact) mass is 385 g/mol. The number of thiophene rings is 1. The van der Waals surface area contributed by atoms with E-state index in [1.807, 2.05) is 47.8 Å². The van der Waals surface area contributed by atoms with Gasteiger partial charge >= 0.3 is 0 Å². The number of nitrogens with zero attached hydrogens (tertiary/aromatic N) is 2. The fourth-order valence-electron chi connectivity index (χ4n) is 3.20. The molecule has 1 saturated heterocycles. The second kappa shape index (κ2) is 8.81. The summed E-state index contributed by atoms with van der Waals surface area (Å²) in [5.74, 6) is -0.312. The summed E-state index contributed by atoms with van der Waals surface area (Å²) in [6.45, 7) is 3.37. The number of carbonyl (C=O) groups excluding carboxylic acids is 3. The lowest BCUT2D eigenvalue weighted by Gasteiger charge is -2.36. The fourth-order valence-corrected chi connectivity index (χ4v) is 3.89. The highest BCUT2D eigenvalue weighted by atomic mass is 32.1. The highest BCUT2D eigenvalue weighted by molar-refractivity contribution is 7.12. The molecule has 1 aliphatic heterocycles. The molecule has 1 aromatic heterocycles. The van der Waals surface area contributed by atoms with Crippen LogP contribution < -0.4 is 5.32 Å². The van der Waals surface area contributed by atoms with Crippen molar-refractivity contribution in [3.05, 3.63) is 58.3 Å². The topological polar surface area (TPSA) is 69.7 Å². The average molecular weight is 385 g/mol. The Hall–Kier alpha value is -2.67. The van der Waals surface area contributed by atoms with Crippen LogP contribution in [0.3, 0.4) is 0 Å². The third-order valence-electron chi connectivity index (χ3n) is 4.57. The van der Waals surface area contributed by atoms with E-state index >= 15 is 0 Å². The van der Waals surface area contributed by atoms with Gasteiger partial charge in [-0.2, -0.15) is 0 Å². The van der Waals surface area contributed by atoms with E-state index in [2.05, 4.69) is 5.32 Å². The third-order valence-corrected chi connectivity index (χ3v) is 5.43. The molecule has 0 bridgehead atoms. The normalized spacial score (nSPS) is 15.3. The third kappa shape index (κ3) is 4.95. The van der Waals surface area contributed by atoms with E-state index in [0.717, 1.165) is 10.4 Å². The predicted octanol–water partition coefficient (Wildman–Crippen LogP) is 1.78. The summed E-state index contributed by atoms with van der Waals surface area (Å²) in [5.41, 5.74) is 0.996. The van der Waals surface area contributed by atoms with E-state index in [9.17, 15) is 14.4 Å². The number of amides is 3. The molecule has 0 aliphatic carbocycles. The number of benzene rings is 1. The average Bonchev–Trinajstić information content (AvgIpc) is 3.22. The van der Waals surface area contributed by atoms with E-state index in [1.54, 1.807) is 9.80 Å². The maximum Gasteiger partial charge on any atom is 0.264 e. The minimum atomic E-state index is -0.593. The van der Waals surface area contributed by atoms with Crippen LogP contribution >= 0.6 is 11.3 Å². The first-order valence-corrected chi connectivity index (χ1v) is 9.85. The lowest BCUT2D eigenvalue weighted by molar-refractivity contribution is -0.137. The van der Waals surface area contributed by atoms with Crippen LogP contribution in [0.4, 0.5) is 0 Å². The minimum Gasteiger partial charge on any atom is -0.344 e. The van der Waals surface area contributed by atoms with Crippen molar-refractivity contribution in [2.24, 2.45) is 0 Å². The zero-order chi connectivity index (χ0) is 19.2. The molecule has 2 heterocycles. The Kier molecular flexibility index (Phi) is 6.24. The molecule has 1 N–H and O–H groups in total. The van der Waals surface area contributed by atoms with E-state index in [-0.39, 0.29) is 17.7 Å². The first-order valence-electron chi connectivity index (χ1n) is 8.97. The molecule has 2 aromatic rings. The standard InChI is InChI=1S/C20H23N3O3S/c1-15(24)21-17(14-16-6-3-2-4-7-16)19(25)22-9-11-23(12-10-22)20(26)18-8-5-13-27-18/h2-8,13,17H,9-12,14H2,1H3,(H,21,24)/t17-/m1/s1. The van der Waals surface area contributed by atoms with E-state index in [1.165, 1.54) is 18.3 Å². The molecule has 3 amide bonds. The number of hydrogen-bond donors (Lipinski definition) is 1. The van der Waals surface area contributed by atoms with Gasteiger partial charge in [-0.1, -0.05) is 36.4 Å². The molecular weight excluding hydrogens is 362 g/mol. The van der Waals surface area contributed by atoms with Crippen LogP contribution in [0.2, 0.25) is 0 Å². The van der Waals surface area contributed by atoms with Gasteiger partial charge in [-0.25, -0.2) is 0 Å². The number of hydrogen-bond acceptors (Lipinski definition) is 4. The highest BCUT2D eigenvalue weighted by Crippen LogP contribution is 2.15. The number of nitrogens with one attached hydrogen (secondary N) is 1. The molecule has 1 aromatic carbocycles. The second-order valence-electron chi connectivity index (χ2n) is 6.54. The molecule has 0 radical (unpaired) electrons. The van der Waals surface area contributed by atoms with Crippen molar-refractivity contribution in [2.75, 3.05) is 26.2 Å². The van der Waals surface area contributed by atoms with Gasteiger partial charge in [-0.3, -0.25) is 14.4 Å². The van der Waals surface area contributed by atoms with Crippen LogP contribution in [-0.2, 0) is 16.0 Å². The molecule has 6 nitrogen and oxygen atoms in total. The summed E-state index contributed by atoms with van der Waals surface area (Å²) in [7, 11) is 0. The van der Waals surface area contributed by atoms with Crippen LogP contribution in [0.5, 0.6) is 0 Å². The smallest absolute Gasteiger partial charge is 0.264 e. The molecule has 142 valence electrons. The van der Waals surface area contributed by atoms with Gasteiger partial charge in [0.15, 0.2) is 0 Å². The molecule has 3 rings (SSSR count). The molecule has 0 unspecified atom stereocenters. The summed E-state index contributed by atoms with van der Waals surface area (Å²) in [5, 5.41) is 4.66. The van der Waals surface area contributed by atoms with Crippen molar-refractivity contribution >= 4 is 29.1 Å². The van der Waals surface area contributed by atoms with Crippen molar-refractivity contribution in [1.82, 2.24) is 15.1 Å². The Bertz CT molecular complexity index is 784. The van der Waals surface area contributed by atoms with E-state index < -0.39 is 6.04 Å². The maximum absolute atomic E-state index is 13.0. The van der Waals surface area contributed by atoms with Crippen molar-refractivity contribution in [1.29, 1.82) is 0 Å². The highest BCUT2D eigenvalue weighted by Gasteiger charge is 2.30. The van der Waals surface area contributed by atoms with Gasteiger partial charge in [0.1, 0.15) is 6.04 Å². The Labute approximate surface area is 162 Å². The second-order valence-corrected chi connectivity index (χ2v) is 7.49. The summed E-state index contributed by atoms with van der Waals surface area (Å²) in [4.78, 5) is 41.2. The van der Waals surface area contributed by atoms with Gasteiger partial charge in [0, 0.05) is 39.5 Å². The number of carbonyl (C=O) groups is 3. The van der Waals surface area contributed by atoms with Gasteiger partial charge in [-0.05, 0) is 17.0 Å². The van der Waals surface area contributed by atoms with Crippen LogP contribution in [0.1, 0.15) is 22.2 Å². The van der Waals surface area contributed by atoms with Gasteiger partial charge in [0.2, 0.25) is 11.8 Å². The van der Waals surface area contributed by atoms with Gasteiger partial charge in [0.25, 0.3) is 5.91 Å². The summed E-state index contributed by atoms with van der Waals surface area (Å²) in [6, 6.07) is 12.7. The first kappa shape index (κ1) is 19.1. The predicted molar refractivity (Wildman–Crippen MR) is 105 cm³/mol. The molecule has 0 saturated carbocycles. The van der Waals surface area contributed by atoms with E-state index in [0.29, 0.717) is 32.6 Å². The van der Waals surface area contributed by atoms with Crippen molar-refractivity contribution < 1.29 is 14.4 Å². The van der Waals surface area contributed by atoms with Crippen LogP contribution in [0, 0.1) is 0 Å². The first-order chi connectivity index (χ1) is 13.0. The van der Waals surface area contributed by atoms with E-state index in [4.69, 9.17) is 0 Å².